The Kier molecular flexibility index (Phi) is 7.93. The predicted octanol–water partition coefficient (Wildman–Crippen LogP) is 7.90. The molecule has 9 heteroatoms. The van der Waals surface area contributed by atoms with E-state index < -0.39 is 14.4 Å². The summed E-state index contributed by atoms with van der Waals surface area (Å²) >= 11 is 9.88. The van der Waals surface area contributed by atoms with E-state index >= 15 is 0 Å². The van der Waals surface area contributed by atoms with Crippen LogP contribution in [0.25, 0.3) is 11.5 Å². The number of aromatic nitrogens is 2. The molecule has 0 bridgehead atoms. The van der Waals surface area contributed by atoms with Crippen LogP contribution in [0.4, 0.5) is 5.69 Å². The molecule has 6 nitrogen and oxygen atoms in total. The first-order valence-corrected chi connectivity index (χ1v) is 15.1. The van der Waals surface area contributed by atoms with Gasteiger partial charge in [0.05, 0.1) is 16.7 Å². The van der Waals surface area contributed by atoms with Crippen LogP contribution in [0.3, 0.4) is 0 Å². The van der Waals surface area contributed by atoms with Gasteiger partial charge in [0.25, 0.3) is 0 Å². The van der Waals surface area contributed by atoms with E-state index in [-0.39, 0.29) is 11.1 Å². The highest BCUT2D eigenvalue weighted by atomic mass is 79.9. The number of anilines is 1. The Morgan fingerprint density at radius 1 is 1.15 bits per heavy atom. The van der Waals surface area contributed by atoms with E-state index in [0.29, 0.717) is 22.4 Å². The first-order chi connectivity index (χ1) is 15.8. The lowest BCUT2D eigenvalue weighted by atomic mass is 10.1. The molecule has 180 valence electrons. The molecule has 3 rings (SSSR count). The molecule has 0 spiro atoms. The van der Waals surface area contributed by atoms with Crippen LogP contribution in [0.5, 0.6) is 0 Å². The van der Waals surface area contributed by atoms with Crippen LogP contribution in [0.1, 0.15) is 50.8 Å². The zero-order chi connectivity index (χ0) is 25.3. The summed E-state index contributed by atoms with van der Waals surface area (Å²) in [5, 5.41) is 21.9. The Morgan fingerprint density at radius 2 is 1.79 bits per heavy atom. The monoisotopic (exact) mass is 560 g/mol. The molecule has 0 amide bonds. The van der Waals surface area contributed by atoms with Crippen molar-refractivity contribution in [3.8, 4) is 17.5 Å². The van der Waals surface area contributed by atoms with Crippen molar-refractivity contribution < 1.29 is 8.84 Å². The minimum absolute atomic E-state index is 0.0386. The fourth-order valence-corrected chi connectivity index (χ4v) is 5.14. The molecule has 2 aromatic carbocycles. The molecule has 1 heterocycles. The number of benzene rings is 2. The van der Waals surface area contributed by atoms with Crippen LogP contribution >= 0.6 is 27.5 Å². The smallest absolute Gasteiger partial charge is 0.247 e. The molecule has 0 aliphatic heterocycles. The maximum absolute atomic E-state index is 9.31. The lowest BCUT2D eigenvalue weighted by Crippen LogP contribution is -2.45. The molecule has 0 aliphatic rings. The number of nitrogens with one attached hydrogen (secondary N) is 1. The van der Waals surface area contributed by atoms with E-state index in [4.69, 9.17) is 20.4 Å². The number of rotatable bonds is 7. The quantitative estimate of drug-likeness (QED) is 0.295. The molecule has 2 atom stereocenters. The highest BCUT2D eigenvalue weighted by Crippen LogP contribution is 2.40. The first kappa shape index (κ1) is 26.4. The van der Waals surface area contributed by atoms with E-state index in [9.17, 15) is 5.26 Å². The minimum atomic E-state index is -2.09. The van der Waals surface area contributed by atoms with Gasteiger partial charge in [-0.1, -0.05) is 48.3 Å². The third kappa shape index (κ3) is 5.72. The van der Waals surface area contributed by atoms with Crippen LogP contribution in [-0.2, 0) is 4.43 Å². The molecule has 1 aromatic heterocycles. The van der Waals surface area contributed by atoms with Crippen molar-refractivity contribution in [2.24, 2.45) is 0 Å². The first-order valence-electron chi connectivity index (χ1n) is 11.1. The van der Waals surface area contributed by atoms with Gasteiger partial charge in [0.15, 0.2) is 8.32 Å². The van der Waals surface area contributed by atoms with Crippen LogP contribution in [0, 0.1) is 18.3 Å². The summed E-state index contributed by atoms with van der Waals surface area (Å²) in [5.41, 5.74) is 2.82. The summed E-state index contributed by atoms with van der Waals surface area (Å²) in [6.07, 6.45) is -0.270. The lowest BCUT2D eigenvalue weighted by molar-refractivity contribution is 0.166. The number of halogens is 2. The van der Waals surface area contributed by atoms with E-state index in [0.717, 1.165) is 21.3 Å². The Hall–Kier alpha value is -2.18. The normalized spacial score (nSPS) is 13.9. The molecule has 0 saturated heterocycles. The number of nitriles is 1. The van der Waals surface area contributed by atoms with Crippen molar-refractivity contribution in [2.75, 3.05) is 5.32 Å². The standard InChI is InChI=1S/C25H30BrClN4O2Si/c1-15-20(13-10-18(14-28)21(15)27)29-22(16(2)33-34(6,7)25(3,4)5)24-31-30-23(32-24)17-8-11-19(26)12-9-17/h8-13,16,22,29H,1-7H3. The highest BCUT2D eigenvalue weighted by molar-refractivity contribution is 9.10. The van der Waals surface area contributed by atoms with Crippen molar-refractivity contribution in [2.45, 2.75) is 64.9 Å². The van der Waals surface area contributed by atoms with Gasteiger partial charge in [-0.3, -0.25) is 0 Å². The van der Waals surface area contributed by atoms with Gasteiger partial charge >= 0.3 is 0 Å². The average molecular weight is 562 g/mol. The van der Waals surface area contributed by atoms with Gasteiger partial charge in [0, 0.05) is 15.7 Å². The van der Waals surface area contributed by atoms with Gasteiger partial charge in [-0.15, -0.1) is 10.2 Å². The number of nitrogens with zero attached hydrogens (tertiary/aromatic N) is 3. The summed E-state index contributed by atoms with van der Waals surface area (Å²) in [7, 11) is -2.09. The molecule has 1 N–H and O–H groups in total. The predicted molar refractivity (Wildman–Crippen MR) is 142 cm³/mol. The van der Waals surface area contributed by atoms with E-state index in [2.05, 4.69) is 71.4 Å². The van der Waals surface area contributed by atoms with Gasteiger partial charge in [-0.2, -0.15) is 5.26 Å². The molecule has 0 fully saturated rings. The van der Waals surface area contributed by atoms with Gasteiger partial charge in [0.2, 0.25) is 11.8 Å². The average Bonchev–Trinajstić information content (AvgIpc) is 3.24. The number of hydrogen-bond acceptors (Lipinski definition) is 6. The second-order valence-corrected chi connectivity index (χ2v) is 15.9. The summed E-state index contributed by atoms with van der Waals surface area (Å²) in [5.74, 6) is 0.854. The van der Waals surface area contributed by atoms with Crippen molar-refractivity contribution in [1.29, 1.82) is 5.26 Å². The van der Waals surface area contributed by atoms with Gasteiger partial charge < -0.3 is 14.2 Å². The van der Waals surface area contributed by atoms with Crippen LogP contribution in [-0.4, -0.2) is 24.6 Å². The van der Waals surface area contributed by atoms with Crippen molar-refractivity contribution in [3.05, 3.63) is 62.9 Å². The molecule has 2 unspecified atom stereocenters. The summed E-state index contributed by atoms with van der Waals surface area (Å²) in [6, 6.07) is 12.9. The van der Waals surface area contributed by atoms with Crippen molar-refractivity contribution >= 4 is 41.5 Å². The maximum Gasteiger partial charge on any atom is 0.247 e. The van der Waals surface area contributed by atoms with Crippen LogP contribution < -0.4 is 5.32 Å². The third-order valence-electron chi connectivity index (χ3n) is 6.37. The zero-order valence-corrected chi connectivity index (χ0v) is 23.9. The number of hydrogen-bond donors (Lipinski definition) is 1. The molecule has 3 aromatic rings. The Labute approximate surface area is 215 Å². The Bertz CT molecular complexity index is 1200. The lowest BCUT2D eigenvalue weighted by Gasteiger charge is -2.40. The zero-order valence-electron chi connectivity index (χ0n) is 20.5. The topological polar surface area (TPSA) is 84.0 Å². The van der Waals surface area contributed by atoms with E-state index in [1.54, 1.807) is 6.07 Å². The molecular formula is C25H30BrClN4O2Si. The SMILES string of the molecule is Cc1c(NC(c2nnc(-c3ccc(Br)cc3)o2)C(C)O[Si](C)(C)C(C)(C)C)ccc(C#N)c1Cl. The van der Waals surface area contributed by atoms with Gasteiger partial charge in [-0.05, 0) is 73.9 Å². The summed E-state index contributed by atoms with van der Waals surface area (Å²) < 4.78 is 13.8. The van der Waals surface area contributed by atoms with Crippen LogP contribution in [0.15, 0.2) is 45.3 Å². The molecular weight excluding hydrogens is 532 g/mol. The van der Waals surface area contributed by atoms with Gasteiger partial charge in [0.1, 0.15) is 12.1 Å². The second kappa shape index (κ2) is 10.2. The highest BCUT2D eigenvalue weighted by Gasteiger charge is 2.41. The Morgan fingerprint density at radius 3 is 2.38 bits per heavy atom. The largest absolute Gasteiger partial charge is 0.418 e. The van der Waals surface area contributed by atoms with Crippen molar-refractivity contribution in [1.82, 2.24) is 10.2 Å². The maximum atomic E-state index is 9.31. The molecule has 34 heavy (non-hydrogen) atoms. The fraction of sp³-hybridized carbons (Fsp3) is 0.400. The van der Waals surface area contributed by atoms with Gasteiger partial charge in [-0.25, -0.2) is 0 Å². The third-order valence-corrected chi connectivity index (χ3v) is 12.0. The molecule has 0 aliphatic carbocycles. The second-order valence-electron chi connectivity index (χ2n) is 9.87. The van der Waals surface area contributed by atoms with E-state index in [1.165, 1.54) is 0 Å². The van der Waals surface area contributed by atoms with E-state index in [1.807, 2.05) is 44.2 Å². The van der Waals surface area contributed by atoms with Crippen LogP contribution in [0.2, 0.25) is 23.2 Å². The molecule has 0 saturated carbocycles. The minimum Gasteiger partial charge on any atom is -0.418 e. The van der Waals surface area contributed by atoms with Crippen molar-refractivity contribution in [3.63, 3.8) is 0 Å². The Balaban J connectivity index is 2.00. The molecule has 0 radical (unpaired) electrons. The summed E-state index contributed by atoms with van der Waals surface area (Å²) in [6.45, 7) is 14.9. The summed E-state index contributed by atoms with van der Waals surface area (Å²) in [4.78, 5) is 0. The fourth-order valence-electron chi connectivity index (χ4n) is 3.25.